The first-order chi connectivity index (χ1) is 10.5. The molecule has 0 unspecified atom stereocenters. The van der Waals surface area contributed by atoms with Crippen LogP contribution in [0.3, 0.4) is 0 Å². The number of hydrogen-bond donors (Lipinski definition) is 2. The van der Waals surface area contributed by atoms with Crippen molar-refractivity contribution in [3.05, 3.63) is 40.4 Å². The Kier molecular flexibility index (Phi) is 5.51. The van der Waals surface area contributed by atoms with E-state index < -0.39 is 0 Å². The molecule has 0 bridgehead atoms. The Balaban J connectivity index is 1.97. The van der Waals surface area contributed by atoms with Crippen molar-refractivity contribution < 1.29 is 4.79 Å². The lowest BCUT2D eigenvalue weighted by molar-refractivity contribution is -0.117. The number of aryl methyl sites for hydroxylation is 2. The van der Waals surface area contributed by atoms with Gasteiger partial charge in [-0.05, 0) is 31.5 Å². The van der Waals surface area contributed by atoms with E-state index in [0.29, 0.717) is 18.2 Å². The highest BCUT2D eigenvalue weighted by Gasteiger charge is 2.13. The summed E-state index contributed by atoms with van der Waals surface area (Å²) in [5.74, 6) is -0.00302. The molecule has 2 aromatic rings. The number of nitrogen functional groups attached to an aromatic ring is 1. The number of thiazole rings is 1. The van der Waals surface area contributed by atoms with Crippen molar-refractivity contribution >= 4 is 28.1 Å². The summed E-state index contributed by atoms with van der Waals surface area (Å²) in [6.45, 7) is 7.86. The largest absolute Gasteiger partial charge is 0.375 e. The molecule has 3 N–H and O–H groups in total. The maximum atomic E-state index is 12.3. The average Bonchev–Trinajstić information content (AvgIpc) is 2.87. The van der Waals surface area contributed by atoms with Gasteiger partial charge in [-0.2, -0.15) is 0 Å². The summed E-state index contributed by atoms with van der Waals surface area (Å²) >= 11 is 1.46. The van der Waals surface area contributed by atoms with Gasteiger partial charge >= 0.3 is 0 Å². The van der Waals surface area contributed by atoms with Gasteiger partial charge in [0.05, 0.1) is 6.54 Å². The molecule has 1 heterocycles. The number of aromatic nitrogens is 1. The van der Waals surface area contributed by atoms with Gasteiger partial charge in [0.15, 0.2) is 5.13 Å². The van der Waals surface area contributed by atoms with Crippen LogP contribution in [0.25, 0.3) is 0 Å². The van der Waals surface area contributed by atoms with Crippen LogP contribution < -0.4 is 11.1 Å². The molecule has 0 atom stereocenters. The summed E-state index contributed by atoms with van der Waals surface area (Å²) in [6, 6.07) is 5.99. The number of para-hydroxylation sites is 1. The highest BCUT2D eigenvalue weighted by molar-refractivity contribution is 7.15. The molecule has 0 radical (unpaired) electrons. The molecule has 0 aliphatic heterocycles. The first-order valence-corrected chi connectivity index (χ1v) is 8.09. The smallest absolute Gasteiger partial charge is 0.238 e. The van der Waals surface area contributed by atoms with Crippen LogP contribution >= 0.6 is 11.3 Å². The van der Waals surface area contributed by atoms with Crippen LogP contribution in [0.15, 0.2) is 24.4 Å². The van der Waals surface area contributed by atoms with E-state index in [0.717, 1.165) is 28.2 Å². The van der Waals surface area contributed by atoms with Crippen LogP contribution in [0.1, 0.15) is 22.9 Å². The number of nitrogens with two attached hydrogens (primary N) is 1. The van der Waals surface area contributed by atoms with E-state index >= 15 is 0 Å². The van der Waals surface area contributed by atoms with E-state index in [1.165, 1.54) is 11.3 Å². The number of nitrogens with zero attached hydrogens (tertiary/aromatic N) is 2. The first kappa shape index (κ1) is 16.5. The summed E-state index contributed by atoms with van der Waals surface area (Å²) < 4.78 is 0. The van der Waals surface area contributed by atoms with Crippen molar-refractivity contribution in [2.24, 2.45) is 0 Å². The molecule has 0 aliphatic rings. The highest BCUT2D eigenvalue weighted by Crippen LogP contribution is 2.20. The summed E-state index contributed by atoms with van der Waals surface area (Å²) in [5, 5.41) is 3.58. The van der Waals surface area contributed by atoms with Crippen LogP contribution in [0.4, 0.5) is 10.8 Å². The van der Waals surface area contributed by atoms with Gasteiger partial charge in [-0.15, -0.1) is 11.3 Å². The van der Waals surface area contributed by atoms with Crippen molar-refractivity contribution in [2.45, 2.75) is 27.3 Å². The molecule has 0 saturated carbocycles. The lowest BCUT2D eigenvalue weighted by atomic mass is 10.1. The van der Waals surface area contributed by atoms with Crippen molar-refractivity contribution in [3.63, 3.8) is 0 Å². The highest BCUT2D eigenvalue weighted by atomic mass is 32.1. The molecule has 5 nitrogen and oxygen atoms in total. The van der Waals surface area contributed by atoms with Gasteiger partial charge in [0.1, 0.15) is 0 Å². The molecule has 0 saturated heterocycles. The minimum atomic E-state index is -0.00302. The molecule has 1 aromatic carbocycles. The second kappa shape index (κ2) is 7.38. The SMILES string of the molecule is CCN(CC(=O)Nc1c(C)cccc1C)Cc1cnc(N)s1. The van der Waals surface area contributed by atoms with E-state index in [9.17, 15) is 4.79 Å². The number of benzene rings is 1. The van der Waals surface area contributed by atoms with Crippen LogP contribution in [0, 0.1) is 13.8 Å². The Morgan fingerprint density at radius 1 is 1.36 bits per heavy atom. The number of rotatable bonds is 6. The molecule has 22 heavy (non-hydrogen) atoms. The van der Waals surface area contributed by atoms with Crippen LogP contribution in [0.2, 0.25) is 0 Å². The first-order valence-electron chi connectivity index (χ1n) is 7.28. The van der Waals surface area contributed by atoms with E-state index in [2.05, 4.69) is 15.2 Å². The zero-order valence-corrected chi connectivity index (χ0v) is 14.0. The molecule has 1 aromatic heterocycles. The van der Waals surface area contributed by atoms with Gasteiger partial charge in [0.2, 0.25) is 5.91 Å². The number of anilines is 2. The predicted octanol–water partition coefficient (Wildman–Crippen LogP) is 2.80. The number of carbonyl (C=O) groups excluding carboxylic acids is 1. The Bertz CT molecular complexity index is 633. The molecule has 6 heteroatoms. The second-order valence-electron chi connectivity index (χ2n) is 5.28. The molecular formula is C16H22N4OS. The fourth-order valence-electron chi connectivity index (χ4n) is 2.29. The second-order valence-corrected chi connectivity index (χ2v) is 6.43. The normalized spacial score (nSPS) is 10.9. The third-order valence-electron chi connectivity index (χ3n) is 3.51. The number of amides is 1. The number of likely N-dealkylation sites (N-methyl/N-ethyl adjacent to an activating group) is 1. The molecule has 1 amide bonds. The molecule has 118 valence electrons. The molecule has 0 spiro atoms. The standard InChI is InChI=1S/C16H22N4OS/c1-4-20(9-13-8-18-16(17)22-13)10-14(21)19-15-11(2)6-5-7-12(15)3/h5-8H,4,9-10H2,1-3H3,(H2,17,18)(H,19,21). The lowest BCUT2D eigenvalue weighted by Gasteiger charge is -2.19. The van der Waals surface area contributed by atoms with Crippen LogP contribution in [0.5, 0.6) is 0 Å². The zero-order chi connectivity index (χ0) is 16.1. The average molecular weight is 318 g/mol. The Labute approximate surface area is 135 Å². The Morgan fingerprint density at radius 3 is 2.59 bits per heavy atom. The quantitative estimate of drug-likeness (QED) is 0.859. The zero-order valence-electron chi connectivity index (χ0n) is 13.2. The maximum absolute atomic E-state index is 12.3. The summed E-state index contributed by atoms with van der Waals surface area (Å²) in [7, 11) is 0. The third kappa shape index (κ3) is 4.29. The van der Waals surface area contributed by atoms with Gasteiger partial charge in [-0.25, -0.2) is 4.98 Å². The molecular weight excluding hydrogens is 296 g/mol. The van der Waals surface area contributed by atoms with Crippen molar-refractivity contribution in [1.82, 2.24) is 9.88 Å². The Hall–Kier alpha value is -1.92. The Morgan fingerprint density at radius 2 is 2.05 bits per heavy atom. The van der Waals surface area contributed by atoms with E-state index in [-0.39, 0.29) is 5.91 Å². The van der Waals surface area contributed by atoms with Gasteiger partial charge in [-0.1, -0.05) is 25.1 Å². The number of hydrogen-bond acceptors (Lipinski definition) is 5. The predicted molar refractivity (Wildman–Crippen MR) is 92.0 cm³/mol. The van der Waals surface area contributed by atoms with E-state index in [1.807, 2.05) is 39.0 Å². The number of nitrogens with one attached hydrogen (secondary N) is 1. The topological polar surface area (TPSA) is 71.2 Å². The fraction of sp³-hybridized carbons (Fsp3) is 0.375. The van der Waals surface area contributed by atoms with Gasteiger partial charge in [0, 0.05) is 23.3 Å². The van der Waals surface area contributed by atoms with Gasteiger partial charge in [0.25, 0.3) is 0 Å². The number of carbonyl (C=O) groups is 1. The minimum absolute atomic E-state index is 0.00302. The molecule has 0 aliphatic carbocycles. The van der Waals surface area contributed by atoms with E-state index in [4.69, 9.17) is 5.73 Å². The lowest BCUT2D eigenvalue weighted by Crippen LogP contribution is -2.32. The monoisotopic (exact) mass is 318 g/mol. The minimum Gasteiger partial charge on any atom is -0.375 e. The molecule has 2 rings (SSSR count). The van der Waals surface area contributed by atoms with Gasteiger partial charge in [-0.3, -0.25) is 9.69 Å². The van der Waals surface area contributed by atoms with Crippen LogP contribution in [-0.2, 0) is 11.3 Å². The third-order valence-corrected chi connectivity index (χ3v) is 4.32. The summed E-state index contributed by atoms with van der Waals surface area (Å²) in [5.41, 5.74) is 8.70. The maximum Gasteiger partial charge on any atom is 0.238 e. The van der Waals surface area contributed by atoms with Crippen molar-refractivity contribution in [2.75, 3.05) is 24.1 Å². The summed E-state index contributed by atoms with van der Waals surface area (Å²) in [4.78, 5) is 19.5. The van der Waals surface area contributed by atoms with Crippen molar-refractivity contribution in [3.8, 4) is 0 Å². The van der Waals surface area contributed by atoms with Crippen molar-refractivity contribution in [1.29, 1.82) is 0 Å². The van der Waals surface area contributed by atoms with Gasteiger partial charge < -0.3 is 11.1 Å². The van der Waals surface area contributed by atoms with Crippen LogP contribution in [-0.4, -0.2) is 28.9 Å². The fourth-order valence-corrected chi connectivity index (χ4v) is 3.02. The van der Waals surface area contributed by atoms with E-state index in [1.54, 1.807) is 6.20 Å². The summed E-state index contributed by atoms with van der Waals surface area (Å²) in [6.07, 6.45) is 1.77. The molecule has 0 fully saturated rings.